The van der Waals surface area contributed by atoms with E-state index < -0.39 is 0 Å². The van der Waals surface area contributed by atoms with Crippen LogP contribution in [0.2, 0.25) is 0 Å². The van der Waals surface area contributed by atoms with Crippen LogP contribution in [0.15, 0.2) is 0 Å². The summed E-state index contributed by atoms with van der Waals surface area (Å²) in [7, 11) is 1.85. The molecule has 2 heteroatoms. The second-order valence-corrected chi connectivity index (χ2v) is 4.59. The van der Waals surface area contributed by atoms with Crippen LogP contribution in [0.4, 0.5) is 0 Å². The predicted molar refractivity (Wildman–Crippen MR) is 53.9 cm³/mol. The molecule has 0 unspecified atom stereocenters. The minimum atomic E-state index is 0.506. The van der Waals surface area contributed by atoms with E-state index in [4.69, 9.17) is 4.74 Å². The highest BCUT2D eigenvalue weighted by Gasteiger charge is 2.47. The molecule has 0 N–H and O–H groups in total. The molecule has 2 aliphatic rings. The van der Waals surface area contributed by atoms with Crippen molar-refractivity contribution in [1.29, 1.82) is 0 Å². The second kappa shape index (κ2) is 3.58. The Hall–Kier alpha value is -0.0800. The van der Waals surface area contributed by atoms with E-state index in [1.165, 1.54) is 45.2 Å². The van der Waals surface area contributed by atoms with Crippen molar-refractivity contribution in [3.63, 3.8) is 0 Å². The number of ether oxygens (including phenoxy) is 1. The third-order valence-corrected chi connectivity index (χ3v) is 3.82. The molecule has 0 spiro atoms. The summed E-state index contributed by atoms with van der Waals surface area (Å²) in [6.45, 7) is 4.78. The van der Waals surface area contributed by atoms with Gasteiger partial charge in [-0.3, -0.25) is 4.90 Å². The molecule has 0 saturated carbocycles. The summed E-state index contributed by atoms with van der Waals surface area (Å²) >= 11 is 0. The van der Waals surface area contributed by atoms with Crippen molar-refractivity contribution in [1.82, 2.24) is 4.90 Å². The van der Waals surface area contributed by atoms with E-state index in [1.54, 1.807) is 0 Å². The topological polar surface area (TPSA) is 12.5 Å². The molecule has 2 nitrogen and oxygen atoms in total. The molecule has 2 aliphatic heterocycles. The highest BCUT2D eigenvalue weighted by Crippen LogP contribution is 2.42. The Kier molecular flexibility index (Phi) is 2.61. The zero-order chi connectivity index (χ0) is 9.31. The maximum atomic E-state index is 5.48. The Bertz CT molecular complexity index is 183. The fourth-order valence-corrected chi connectivity index (χ4v) is 3.25. The summed E-state index contributed by atoms with van der Waals surface area (Å²) in [4.78, 5) is 2.67. The van der Waals surface area contributed by atoms with Crippen molar-refractivity contribution >= 4 is 0 Å². The average molecular weight is 183 g/mol. The third-order valence-electron chi connectivity index (χ3n) is 3.82. The largest absolute Gasteiger partial charge is 0.380 e. The van der Waals surface area contributed by atoms with Crippen LogP contribution in [0.25, 0.3) is 0 Å². The Balaban J connectivity index is 2.05. The molecule has 2 saturated heterocycles. The van der Waals surface area contributed by atoms with Gasteiger partial charge in [-0.25, -0.2) is 0 Å². The monoisotopic (exact) mass is 183 g/mol. The van der Waals surface area contributed by atoms with Crippen LogP contribution in [0.1, 0.15) is 39.0 Å². The molecule has 0 aromatic carbocycles. The first kappa shape index (κ1) is 9.47. The van der Waals surface area contributed by atoms with Crippen LogP contribution in [0.3, 0.4) is 0 Å². The zero-order valence-corrected chi connectivity index (χ0v) is 8.88. The van der Waals surface area contributed by atoms with Crippen LogP contribution in [-0.2, 0) is 4.74 Å². The van der Waals surface area contributed by atoms with E-state index in [0.717, 1.165) is 0 Å². The SMILES string of the molecule is CCC[C@@]12CCCN1C[C@H](OC)C2. The zero-order valence-electron chi connectivity index (χ0n) is 8.88. The van der Waals surface area contributed by atoms with Gasteiger partial charge in [-0.1, -0.05) is 13.3 Å². The molecule has 2 fully saturated rings. The smallest absolute Gasteiger partial charge is 0.0716 e. The molecule has 76 valence electrons. The molecule has 0 aliphatic carbocycles. The van der Waals surface area contributed by atoms with Crippen molar-refractivity contribution in [2.24, 2.45) is 0 Å². The van der Waals surface area contributed by atoms with Crippen molar-refractivity contribution in [2.75, 3.05) is 20.2 Å². The number of methoxy groups -OCH3 is 1. The lowest BCUT2D eigenvalue weighted by molar-refractivity contribution is 0.107. The van der Waals surface area contributed by atoms with E-state index in [0.29, 0.717) is 11.6 Å². The molecule has 2 rings (SSSR count). The Morgan fingerprint density at radius 1 is 1.54 bits per heavy atom. The van der Waals surface area contributed by atoms with Crippen LogP contribution < -0.4 is 0 Å². The Morgan fingerprint density at radius 2 is 2.38 bits per heavy atom. The third kappa shape index (κ3) is 1.50. The van der Waals surface area contributed by atoms with Crippen LogP contribution >= 0.6 is 0 Å². The first-order chi connectivity index (χ1) is 6.30. The molecule has 2 heterocycles. The summed E-state index contributed by atoms with van der Waals surface area (Å²) in [5.41, 5.74) is 0.537. The maximum absolute atomic E-state index is 5.48. The highest BCUT2D eigenvalue weighted by molar-refractivity contribution is 5.03. The quantitative estimate of drug-likeness (QED) is 0.664. The Labute approximate surface area is 81.3 Å². The number of nitrogens with zero attached hydrogens (tertiary/aromatic N) is 1. The minimum absolute atomic E-state index is 0.506. The van der Waals surface area contributed by atoms with Crippen molar-refractivity contribution in [3.8, 4) is 0 Å². The Morgan fingerprint density at radius 3 is 3.08 bits per heavy atom. The molecular formula is C11H21NO. The highest BCUT2D eigenvalue weighted by atomic mass is 16.5. The molecule has 2 atom stereocenters. The summed E-state index contributed by atoms with van der Waals surface area (Å²) in [6.07, 6.45) is 7.26. The van der Waals surface area contributed by atoms with Gasteiger partial charge in [-0.15, -0.1) is 0 Å². The first-order valence-corrected chi connectivity index (χ1v) is 5.58. The summed E-state index contributed by atoms with van der Waals surface area (Å²) in [5, 5.41) is 0. The van der Waals surface area contributed by atoms with Crippen LogP contribution in [0.5, 0.6) is 0 Å². The van der Waals surface area contributed by atoms with Crippen molar-refractivity contribution < 1.29 is 4.74 Å². The van der Waals surface area contributed by atoms with E-state index in [-0.39, 0.29) is 0 Å². The fraction of sp³-hybridized carbons (Fsp3) is 1.00. The standard InChI is InChI=1S/C11H21NO/c1-3-5-11-6-4-7-12(11)9-10(8-11)13-2/h10H,3-9H2,1-2H3/t10-,11+/m1/s1. The number of hydrogen-bond donors (Lipinski definition) is 0. The van der Waals surface area contributed by atoms with Gasteiger partial charge in [-0.05, 0) is 32.2 Å². The van der Waals surface area contributed by atoms with E-state index >= 15 is 0 Å². The van der Waals surface area contributed by atoms with Gasteiger partial charge in [0.2, 0.25) is 0 Å². The predicted octanol–water partition coefficient (Wildman–Crippen LogP) is 2.04. The van der Waals surface area contributed by atoms with Gasteiger partial charge in [0.25, 0.3) is 0 Å². The molecule has 0 aromatic rings. The average Bonchev–Trinajstić information content (AvgIpc) is 2.60. The summed E-state index contributed by atoms with van der Waals surface area (Å²) in [6, 6.07) is 0. The molecule has 0 bridgehead atoms. The van der Waals surface area contributed by atoms with Gasteiger partial charge in [-0.2, -0.15) is 0 Å². The summed E-state index contributed by atoms with van der Waals surface area (Å²) < 4.78 is 5.48. The molecule has 0 radical (unpaired) electrons. The van der Waals surface area contributed by atoms with Gasteiger partial charge in [0, 0.05) is 19.2 Å². The van der Waals surface area contributed by atoms with E-state index in [2.05, 4.69) is 11.8 Å². The van der Waals surface area contributed by atoms with Gasteiger partial charge < -0.3 is 4.74 Å². The van der Waals surface area contributed by atoms with Gasteiger partial charge in [0.15, 0.2) is 0 Å². The molecular weight excluding hydrogens is 162 g/mol. The minimum Gasteiger partial charge on any atom is -0.380 e. The first-order valence-electron chi connectivity index (χ1n) is 5.58. The number of fused-ring (bicyclic) bond motifs is 1. The van der Waals surface area contributed by atoms with Gasteiger partial charge in [0.05, 0.1) is 6.10 Å². The lowest BCUT2D eigenvalue weighted by Gasteiger charge is -2.31. The second-order valence-electron chi connectivity index (χ2n) is 4.59. The molecule has 0 aromatic heterocycles. The molecule has 13 heavy (non-hydrogen) atoms. The lowest BCUT2D eigenvalue weighted by atomic mass is 9.88. The fourth-order valence-electron chi connectivity index (χ4n) is 3.25. The summed E-state index contributed by atoms with van der Waals surface area (Å²) in [5.74, 6) is 0. The number of hydrogen-bond acceptors (Lipinski definition) is 2. The van der Waals surface area contributed by atoms with Crippen molar-refractivity contribution in [3.05, 3.63) is 0 Å². The normalized spacial score (nSPS) is 39.7. The van der Waals surface area contributed by atoms with Crippen molar-refractivity contribution in [2.45, 2.75) is 50.7 Å². The van der Waals surface area contributed by atoms with Gasteiger partial charge in [0.1, 0.15) is 0 Å². The number of rotatable bonds is 3. The van der Waals surface area contributed by atoms with Crippen LogP contribution in [-0.4, -0.2) is 36.7 Å². The lowest BCUT2D eigenvalue weighted by Crippen LogP contribution is -2.37. The van der Waals surface area contributed by atoms with Gasteiger partial charge >= 0.3 is 0 Å². The maximum Gasteiger partial charge on any atom is 0.0716 e. The van der Waals surface area contributed by atoms with E-state index in [1.807, 2.05) is 7.11 Å². The molecule has 0 amide bonds. The van der Waals surface area contributed by atoms with Crippen LogP contribution in [0, 0.1) is 0 Å². The van der Waals surface area contributed by atoms with E-state index in [9.17, 15) is 0 Å².